The standard InChI is InChI=1S/C18H14N2S/c19-21-17-10-6-9-16(18(17)20-13-4-5-14-20)12-11-15-7-2-1-3-8-15/h1-10,13-14H,19H2. The average molecular weight is 290 g/mol. The van der Waals surface area contributed by atoms with E-state index in [4.69, 9.17) is 5.14 Å². The summed E-state index contributed by atoms with van der Waals surface area (Å²) < 4.78 is 2.05. The summed E-state index contributed by atoms with van der Waals surface area (Å²) in [6.45, 7) is 0. The highest BCUT2D eigenvalue weighted by molar-refractivity contribution is 7.97. The lowest BCUT2D eigenvalue weighted by Crippen LogP contribution is -1.98. The van der Waals surface area contributed by atoms with Gasteiger partial charge in [-0.05, 0) is 48.3 Å². The molecule has 0 radical (unpaired) electrons. The Balaban J connectivity index is 2.09. The van der Waals surface area contributed by atoms with Crippen LogP contribution in [0.25, 0.3) is 5.69 Å². The van der Waals surface area contributed by atoms with Gasteiger partial charge in [0, 0.05) is 22.9 Å². The molecule has 0 fully saturated rings. The second-order valence-corrected chi connectivity index (χ2v) is 5.15. The smallest absolute Gasteiger partial charge is 0.0757 e. The highest BCUT2D eigenvalue weighted by Crippen LogP contribution is 2.25. The first-order valence-corrected chi connectivity index (χ1v) is 7.46. The minimum Gasteiger partial charge on any atom is -0.322 e. The van der Waals surface area contributed by atoms with Gasteiger partial charge in [-0.15, -0.1) is 0 Å². The molecule has 1 aromatic heterocycles. The van der Waals surface area contributed by atoms with E-state index in [1.54, 1.807) is 0 Å². The number of hydrogen-bond acceptors (Lipinski definition) is 2. The van der Waals surface area contributed by atoms with Crippen LogP contribution in [0.3, 0.4) is 0 Å². The zero-order valence-corrected chi connectivity index (χ0v) is 12.2. The molecular weight excluding hydrogens is 276 g/mol. The van der Waals surface area contributed by atoms with Gasteiger partial charge < -0.3 is 4.57 Å². The molecule has 1 heterocycles. The lowest BCUT2D eigenvalue weighted by Gasteiger charge is -2.10. The van der Waals surface area contributed by atoms with Gasteiger partial charge in [0.1, 0.15) is 0 Å². The van der Waals surface area contributed by atoms with Gasteiger partial charge >= 0.3 is 0 Å². The van der Waals surface area contributed by atoms with Crippen molar-refractivity contribution in [3.05, 3.63) is 84.2 Å². The van der Waals surface area contributed by atoms with Crippen molar-refractivity contribution >= 4 is 11.9 Å². The van der Waals surface area contributed by atoms with Gasteiger partial charge in [-0.2, -0.15) is 0 Å². The molecule has 102 valence electrons. The van der Waals surface area contributed by atoms with E-state index in [0.29, 0.717) is 0 Å². The van der Waals surface area contributed by atoms with E-state index in [9.17, 15) is 0 Å². The van der Waals surface area contributed by atoms with E-state index < -0.39 is 0 Å². The lowest BCUT2D eigenvalue weighted by atomic mass is 10.1. The molecule has 0 aliphatic rings. The fourth-order valence-electron chi connectivity index (χ4n) is 2.13. The molecular formula is C18H14N2S. The molecule has 3 aromatic rings. The SMILES string of the molecule is NSc1cccc(C#Cc2ccccc2)c1-n1cccc1. The highest BCUT2D eigenvalue weighted by Gasteiger charge is 2.07. The topological polar surface area (TPSA) is 30.9 Å². The first-order valence-electron chi connectivity index (χ1n) is 6.58. The van der Waals surface area contributed by atoms with Crippen LogP contribution >= 0.6 is 11.9 Å². The molecule has 0 saturated heterocycles. The quantitative estimate of drug-likeness (QED) is 0.574. The molecule has 0 saturated carbocycles. The number of para-hydroxylation sites is 1. The molecule has 0 bridgehead atoms. The summed E-state index contributed by atoms with van der Waals surface area (Å²) in [5.41, 5.74) is 2.99. The van der Waals surface area contributed by atoms with E-state index in [1.165, 1.54) is 11.9 Å². The van der Waals surface area contributed by atoms with Gasteiger partial charge in [0.05, 0.1) is 11.3 Å². The predicted molar refractivity (Wildman–Crippen MR) is 88.2 cm³/mol. The number of aromatic nitrogens is 1. The molecule has 0 unspecified atom stereocenters. The summed E-state index contributed by atoms with van der Waals surface area (Å²) >= 11 is 1.24. The number of benzene rings is 2. The van der Waals surface area contributed by atoms with Crippen molar-refractivity contribution in [3.8, 4) is 17.5 Å². The summed E-state index contributed by atoms with van der Waals surface area (Å²) in [4.78, 5) is 1.01. The third-order valence-corrected chi connectivity index (χ3v) is 3.69. The Morgan fingerprint density at radius 3 is 2.29 bits per heavy atom. The van der Waals surface area contributed by atoms with Crippen LogP contribution in [-0.2, 0) is 0 Å². The Morgan fingerprint density at radius 2 is 1.57 bits per heavy atom. The Labute approximate surface area is 128 Å². The van der Waals surface area contributed by atoms with Crippen molar-refractivity contribution in [3.63, 3.8) is 0 Å². The molecule has 0 atom stereocenters. The second kappa shape index (κ2) is 6.36. The summed E-state index contributed by atoms with van der Waals surface area (Å²) in [6, 6.07) is 20.0. The van der Waals surface area contributed by atoms with E-state index >= 15 is 0 Å². The lowest BCUT2D eigenvalue weighted by molar-refractivity contribution is 1.03. The van der Waals surface area contributed by atoms with Gasteiger partial charge in [0.15, 0.2) is 0 Å². The van der Waals surface area contributed by atoms with Gasteiger partial charge in [0.25, 0.3) is 0 Å². The Kier molecular flexibility index (Phi) is 4.11. The molecule has 0 aliphatic carbocycles. The third kappa shape index (κ3) is 3.03. The van der Waals surface area contributed by atoms with Crippen LogP contribution in [0.2, 0.25) is 0 Å². The zero-order valence-electron chi connectivity index (χ0n) is 11.4. The molecule has 0 spiro atoms. The van der Waals surface area contributed by atoms with Crippen LogP contribution in [0.1, 0.15) is 11.1 Å². The first kappa shape index (κ1) is 13.6. The number of nitrogens with zero attached hydrogens (tertiary/aromatic N) is 1. The second-order valence-electron chi connectivity index (χ2n) is 4.48. The molecule has 0 aliphatic heterocycles. The van der Waals surface area contributed by atoms with Gasteiger partial charge in [-0.1, -0.05) is 36.1 Å². The van der Waals surface area contributed by atoms with Gasteiger partial charge in [0.2, 0.25) is 0 Å². The largest absolute Gasteiger partial charge is 0.322 e. The van der Waals surface area contributed by atoms with Gasteiger partial charge in [-0.3, -0.25) is 5.14 Å². The molecule has 2 aromatic carbocycles. The van der Waals surface area contributed by atoms with Crippen molar-refractivity contribution in [2.45, 2.75) is 4.90 Å². The molecule has 21 heavy (non-hydrogen) atoms. The van der Waals surface area contributed by atoms with Crippen LogP contribution in [0.5, 0.6) is 0 Å². The van der Waals surface area contributed by atoms with Crippen molar-refractivity contribution in [2.75, 3.05) is 0 Å². The number of hydrogen-bond donors (Lipinski definition) is 1. The number of rotatable bonds is 2. The summed E-state index contributed by atoms with van der Waals surface area (Å²) in [5.74, 6) is 6.45. The Morgan fingerprint density at radius 1 is 0.810 bits per heavy atom. The monoisotopic (exact) mass is 290 g/mol. The van der Waals surface area contributed by atoms with Crippen LogP contribution in [0.15, 0.2) is 78.0 Å². The predicted octanol–water partition coefficient (Wildman–Crippen LogP) is 3.84. The average Bonchev–Trinajstić information content (AvgIpc) is 3.07. The molecule has 2 nitrogen and oxygen atoms in total. The summed E-state index contributed by atoms with van der Waals surface area (Å²) in [5, 5.41) is 5.79. The maximum Gasteiger partial charge on any atom is 0.0757 e. The van der Waals surface area contributed by atoms with Crippen molar-refractivity contribution < 1.29 is 0 Å². The summed E-state index contributed by atoms with van der Waals surface area (Å²) in [6.07, 6.45) is 4.01. The van der Waals surface area contributed by atoms with Crippen molar-refractivity contribution in [1.82, 2.24) is 4.57 Å². The van der Waals surface area contributed by atoms with Gasteiger partial charge in [-0.25, -0.2) is 0 Å². The normalized spacial score (nSPS) is 9.95. The molecule has 0 amide bonds. The summed E-state index contributed by atoms with van der Waals surface area (Å²) in [7, 11) is 0. The number of nitrogens with two attached hydrogens (primary N) is 1. The van der Waals surface area contributed by atoms with Crippen molar-refractivity contribution in [1.29, 1.82) is 0 Å². The van der Waals surface area contributed by atoms with E-state index in [2.05, 4.69) is 11.8 Å². The fraction of sp³-hybridized carbons (Fsp3) is 0. The van der Waals surface area contributed by atoms with Crippen LogP contribution in [0, 0.1) is 11.8 Å². The Bertz CT molecular complexity index is 781. The van der Waals surface area contributed by atoms with E-state index in [0.717, 1.165) is 21.7 Å². The van der Waals surface area contributed by atoms with Crippen molar-refractivity contribution in [2.24, 2.45) is 5.14 Å². The minimum atomic E-state index is 0.963. The van der Waals surface area contributed by atoms with E-state index in [1.807, 2.05) is 77.6 Å². The zero-order chi connectivity index (χ0) is 14.5. The highest BCUT2D eigenvalue weighted by atomic mass is 32.2. The van der Waals surface area contributed by atoms with Crippen LogP contribution in [-0.4, -0.2) is 4.57 Å². The minimum absolute atomic E-state index is 0.963. The maximum absolute atomic E-state index is 5.79. The molecule has 3 heteroatoms. The fourth-order valence-corrected chi connectivity index (χ4v) is 2.61. The Hall–Kier alpha value is -2.41. The van der Waals surface area contributed by atoms with Crippen LogP contribution in [0.4, 0.5) is 0 Å². The third-order valence-electron chi connectivity index (χ3n) is 3.10. The molecule has 2 N–H and O–H groups in total. The van der Waals surface area contributed by atoms with Crippen LogP contribution < -0.4 is 5.14 Å². The first-order chi connectivity index (χ1) is 10.4. The molecule has 3 rings (SSSR count). The maximum atomic E-state index is 5.79. The van der Waals surface area contributed by atoms with E-state index in [-0.39, 0.29) is 0 Å².